The van der Waals surface area contributed by atoms with Crippen LogP contribution in [-0.2, 0) is 13.0 Å². The van der Waals surface area contributed by atoms with Crippen LogP contribution in [0.15, 0.2) is 23.7 Å². The maximum Gasteiger partial charge on any atom is 0.183 e. The number of thiophene rings is 1. The van der Waals surface area contributed by atoms with Gasteiger partial charge in [0.25, 0.3) is 0 Å². The third-order valence-electron chi connectivity index (χ3n) is 2.76. The first kappa shape index (κ1) is 13.0. The Kier molecular flexibility index (Phi) is 4.56. The molecule has 0 aliphatic heterocycles. The molecule has 1 atom stereocenters. The fourth-order valence-corrected chi connectivity index (χ4v) is 3.50. The summed E-state index contributed by atoms with van der Waals surface area (Å²) in [6.45, 7) is 3.17. The fraction of sp³-hybridized carbons (Fsp3) is 0.417. The van der Waals surface area contributed by atoms with E-state index in [4.69, 9.17) is 11.6 Å². The Labute approximate surface area is 115 Å². The number of nitrogens with zero attached hydrogens (tertiary/aromatic N) is 2. The van der Waals surface area contributed by atoms with Crippen molar-refractivity contribution >= 4 is 34.3 Å². The summed E-state index contributed by atoms with van der Waals surface area (Å²) in [5, 5.41) is 2.13. The van der Waals surface area contributed by atoms with Crippen molar-refractivity contribution in [3.63, 3.8) is 0 Å². The number of rotatable bonds is 5. The lowest BCUT2D eigenvalue weighted by Gasteiger charge is -2.23. The molecule has 2 nitrogen and oxygen atoms in total. The van der Waals surface area contributed by atoms with Gasteiger partial charge < -0.3 is 0 Å². The molecule has 0 aromatic carbocycles. The maximum absolute atomic E-state index is 5.83. The Morgan fingerprint density at radius 2 is 2.29 bits per heavy atom. The SMILES string of the molecule is CC(Cc1cccs1)N(C)Cc1cnc(Cl)s1. The highest BCUT2D eigenvalue weighted by Gasteiger charge is 2.12. The Morgan fingerprint density at radius 1 is 1.47 bits per heavy atom. The summed E-state index contributed by atoms with van der Waals surface area (Å²) < 4.78 is 0.624. The lowest BCUT2D eigenvalue weighted by Crippen LogP contribution is -2.29. The number of likely N-dealkylation sites (N-methyl/N-ethyl adjacent to an activating group) is 1. The van der Waals surface area contributed by atoms with Crippen LogP contribution in [0, 0.1) is 0 Å². The molecule has 2 rings (SSSR count). The molecule has 0 amide bonds. The van der Waals surface area contributed by atoms with Crippen LogP contribution < -0.4 is 0 Å². The average Bonchev–Trinajstić information content (AvgIpc) is 2.90. The molecule has 0 radical (unpaired) electrons. The van der Waals surface area contributed by atoms with Gasteiger partial charge in [-0.3, -0.25) is 4.90 Å². The molecule has 0 aliphatic rings. The Balaban J connectivity index is 1.89. The van der Waals surface area contributed by atoms with Crippen molar-refractivity contribution in [3.8, 4) is 0 Å². The van der Waals surface area contributed by atoms with Gasteiger partial charge in [-0.2, -0.15) is 0 Å². The molecule has 2 aromatic heterocycles. The van der Waals surface area contributed by atoms with Crippen LogP contribution in [0.2, 0.25) is 4.47 Å². The molecule has 5 heteroatoms. The van der Waals surface area contributed by atoms with E-state index in [0.29, 0.717) is 10.5 Å². The van der Waals surface area contributed by atoms with Gasteiger partial charge in [0.2, 0.25) is 0 Å². The number of aromatic nitrogens is 1. The first-order valence-electron chi connectivity index (χ1n) is 5.48. The van der Waals surface area contributed by atoms with Crippen LogP contribution in [0.25, 0.3) is 0 Å². The molecule has 17 heavy (non-hydrogen) atoms. The molecule has 2 heterocycles. The highest BCUT2D eigenvalue weighted by Crippen LogP contribution is 2.20. The summed E-state index contributed by atoms with van der Waals surface area (Å²) in [7, 11) is 2.14. The minimum Gasteiger partial charge on any atom is -0.298 e. The zero-order chi connectivity index (χ0) is 12.3. The molecule has 0 fully saturated rings. The highest BCUT2D eigenvalue weighted by molar-refractivity contribution is 7.15. The summed E-state index contributed by atoms with van der Waals surface area (Å²) in [5.74, 6) is 0. The normalized spacial score (nSPS) is 13.2. The van der Waals surface area contributed by atoms with Gasteiger partial charge in [0.05, 0.1) is 0 Å². The van der Waals surface area contributed by atoms with Crippen molar-refractivity contribution < 1.29 is 0 Å². The van der Waals surface area contributed by atoms with Crippen molar-refractivity contribution in [1.29, 1.82) is 0 Å². The lowest BCUT2D eigenvalue weighted by atomic mass is 10.2. The molecule has 1 unspecified atom stereocenters. The second kappa shape index (κ2) is 5.96. The summed E-state index contributed by atoms with van der Waals surface area (Å²) in [4.78, 5) is 9.06. The number of thiazole rings is 1. The predicted molar refractivity (Wildman–Crippen MR) is 76.1 cm³/mol. The summed E-state index contributed by atoms with van der Waals surface area (Å²) in [5.41, 5.74) is 0. The van der Waals surface area contributed by atoms with Crippen LogP contribution in [0.1, 0.15) is 16.7 Å². The van der Waals surface area contributed by atoms with E-state index in [0.717, 1.165) is 13.0 Å². The standard InChI is InChI=1S/C12H15ClN2S2/c1-9(6-10-4-3-5-16-10)15(2)8-11-7-14-12(13)17-11/h3-5,7,9H,6,8H2,1-2H3. The highest BCUT2D eigenvalue weighted by atomic mass is 35.5. The lowest BCUT2D eigenvalue weighted by molar-refractivity contribution is 0.251. The van der Waals surface area contributed by atoms with Crippen molar-refractivity contribution in [1.82, 2.24) is 9.88 Å². The second-order valence-corrected chi connectivity index (χ2v) is 6.86. The van der Waals surface area contributed by atoms with Crippen LogP contribution in [0.4, 0.5) is 0 Å². The minimum atomic E-state index is 0.523. The van der Waals surface area contributed by atoms with Crippen molar-refractivity contribution in [2.24, 2.45) is 0 Å². The number of hydrogen-bond acceptors (Lipinski definition) is 4. The van der Waals surface area contributed by atoms with Crippen molar-refractivity contribution in [3.05, 3.63) is 37.9 Å². The van der Waals surface area contributed by atoms with Crippen LogP contribution >= 0.6 is 34.3 Å². The minimum absolute atomic E-state index is 0.523. The first-order valence-corrected chi connectivity index (χ1v) is 7.55. The van der Waals surface area contributed by atoms with Gasteiger partial charge in [0.15, 0.2) is 4.47 Å². The Hall–Kier alpha value is -0.420. The van der Waals surface area contributed by atoms with E-state index in [1.54, 1.807) is 11.3 Å². The van der Waals surface area contributed by atoms with Gasteiger partial charge in [-0.1, -0.05) is 17.7 Å². The quantitative estimate of drug-likeness (QED) is 0.828. The Bertz CT molecular complexity index is 453. The van der Waals surface area contributed by atoms with Crippen LogP contribution in [0.5, 0.6) is 0 Å². The van der Waals surface area contributed by atoms with E-state index >= 15 is 0 Å². The number of hydrogen-bond donors (Lipinski definition) is 0. The zero-order valence-corrected chi connectivity index (χ0v) is 12.3. The van der Waals surface area contributed by atoms with E-state index in [2.05, 4.69) is 41.4 Å². The van der Waals surface area contributed by atoms with Crippen LogP contribution in [0.3, 0.4) is 0 Å². The van der Waals surface area contributed by atoms with Gasteiger partial charge in [0.1, 0.15) is 0 Å². The van der Waals surface area contributed by atoms with E-state index in [1.807, 2.05) is 17.5 Å². The summed E-state index contributed by atoms with van der Waals surface area (Å²) >= 11 is 9.21. The smallest absolute Gasteiger partial charge is 0.183 e. The zero-order valence-electron chi connectivity index (χ0n) is 9.89. The molecule has 2 aromatic rings. The van der Waals surface area contributed by atoms with Gasteiger partial charge >= 0.3 is 0 Å². The Morgan fingerprint density at radius 3 is 2.88 bits per heavy atom. The third-order valence-corrected chi connectivity index (χ3v) is 4.76. The third kappa shape index (κ3) is 3.78. The van der Waals surface area contributed by atoms with Gasteiger partial charge in [0, 0.05) is 28.5 Å². The molecule has 0 N–H and O–H groups in total. The first-order chi connectivity index (χ1) is 8.15. The molecular formula is C12H15ClN2S2. The largest absolute Gasteiger partial charge is 0.298 e. The average molecular weight is 287 g/mol. The van der Waals surface area contributed by atoms with E-state index in [-0.39, 0.29) is 0 Å². The molecule has 0 saturated heterocycles. The predicted octanol–water partition coefficient (Wildman–Crippen LogP) is 3.92. The maximum atomic E-state index is 5.83. The molecule has 0 spiro atoms. The molecule has 0 saturated carbocycles. The summed E-state index contributed by atoms with van der Waals surface area (Å²) in [6, 6.07) is 4.82. The van der Waals surface area contributed by atoms with Crippen molar-refractivity contribution in [2.75, 3.05) is 7.05 Å². The van der Waals surface area contributed by atoms with E-state index < -0.39 is 0 Å². The topological polar surface area (TPSA) is 16.1 Å². The second-order valence-electron chi connectivity index (χ2n) is 4.13. The molecule has 0 bridgehead atoms. The number of halogens is 1. The molecule has 92 valence electrons. The summed E-state index contributed by atoms with van der Waals surface area (Å²) in [6.07, 6.45) is 2.96. The molecular weight excluding hydrogens is 272 g/mol. The van der Waals surface area contributed by atoms with Gasteiger partial charge in [-0.05, 0) is 31.8 Å². The molecule has 0 aliphatic carbocycles. The van der Waals surface area contributed by atoms with E-state index in [9.17, 15) is 0 Å². The van der Waals surface area contributed by atoms with Crippen LogP contribution in [-0.4, -0.2) is 23.0 Å². The fourth-order valence-electron chi connectivity index (χ4n) is 1.63. The van der Waals surface area contributed by atoms with Gasteiger partial charge in [-0.15, -0.1) is 22.7 Å². The van der Waals surface area contributed by atoms with E-state index in [1.165, 1.54) is 9.75 Å². The van der Waals surface area contributed by atoms with Gasteiger partial charge in [-0.25, -0.2) is 4.98 Å². The van der Waals surface area contributed by atoms with Crippen molar-refractivity contribution in [2.45, 2.75) is 25.9 Å². The monoisotopic (exact) mass is 286 g/mol.